The van der Waals surface area contributed by atoms with Crippen molar-refractivity contribution in [3.63, 3.8) is 0 Å². The van der Waals surface area contributed by atoms with Crippen molar-refractivity contribution < 1.29 is 9.59 Å². The number of carbonyl (C=O) groups is 2. The summed E-state index contributed by atoms with van der Waals surface area (Å²) < 4.78 is 0.808. The second-order valence-corrected chi connectivity index (χ2v) is 5.61. The second kappa shape index (κ2) is 5.29. The van der Waals surface area contributed by atoms with E-state index in [-0.39, 0.29) is 11.7 Å². The van der Waals surface area contributed by atoms with Gasteiger partial charge in [0.2, 0.25) is 11.7 Å². The van der Waals surface area contributed by atoms with Gasteiger partial charge in [0.05, 0.1) is 5.69 Å². The molecule has 106 valence electrons. The molecule has 5 nitrogen and oxygen atoms in total. The van der Waals surface area contributed by atoms with Crippen molar-refractivity contribution in [2.75, 3.05) is 10.2 Å². The number of aromatic nitrogens is 1. The smallest absolute Gasteiger partial charge is 0.225 e. The van der Waals surface area contributed by atoms with Crippen LogP contribution in [0.2, 0.25) is 0 Å². The third kappa shape index (κ3) is 2.42. The molecule has 0 fully saturated rings. The Hall–Kier alpha value is -2.21. The maximum atomic E-state index is 12.6. The predicted molar refractivity (Wildman–Crippen MR) is 83.3 cm³/mol. The van der Waals surface area contributed by atoms with Crippen molar-refractivity contribution in [3.8, 4) is 0 Å². The van der Waals surface area contributed by atoms with E-state index in [1.807, 2.05) is 6.07 Å². The highest BCUT2D eigenvalue weighted by Crippen LogP contribution is 2.34. The van der Waals surface area contributed by atoms with Crippen LogP contribution >= 0.6 is 15.9 Å². The molecule has 1 aromatic carbocycles. The summed E-state index contributed by atoms with van der Waals surface area (Å²) >= 11 is 3.35. The van der Waals surface area contributed by atoms with E-state index in [1.54, 1.807) is 36.7 Å². The number of carbonyl (C=O) groups excluding carboxylic acids is 2. The van der Waals surface area contributed by atoms with Crippen molar-refractivity contribution in [2.24, 2.45) is 0 Å². The Bertz CT molecular complexity index is 718. The Morgan fingerprint density at radius 2 is 2.00 bits per heavy atom. The molecule has 2 aromatic rings. The molecule has 0 bridgehead atoms. The minimum Gasteiger partial charge on any atom is -0.358 e. The molecular formula is C15H12BrN3O2. The number of Topliss-reactive ketones (excluding diaryl/α,β-unsaturated/α-hetero) is 1. The van der Waals surface area contributed by atoms with Crippen molar-refractivity contribution in [1.29, 1.82) is 0 Å². The molecule has 3 rings (SSSR count). The molecule has 1 atom stereocenters. The third-order valence-corrected chi connectivity index (χ3v) is 3.81. The van der Waals surface area contributed by atoms with Gasteiger partial charge in [-0.1, -0.05) is 15.9 Å². The first-order chi connectivity index (χ1) is 10.1. The van der Waals surface area contributed by atoms with E-state index in [0.29, 0.717) is 11.3 Å². The number of fused-ring (bicyclic) bond motifs is 1. The lowest BCUT2D eigenvalue weighted by Crippen LogP contribution is -2.44. The quantitative estimate of drug-likeness (QED) is 0.908. The normalized spacial score (nSPS) is 16.8. The van der Waals surface area contributed by atoms with Crippen molar-refractivity contribution >= 4 is 39.0 Å². The Labute approximate surface area is 130 Å². The van der Waals surface area contributed by atoms with Crippen LogP contribution in [0.4, 0.5) is 11.4 Å². The van der Waals surface area contributed by atoms with Gasteiger partial charge >= 0.3 is 0 Å². The zero-order valence-corrected chi connectivity index (χ0v) is 12.8. The number of ketones is 1. The summed E-state index contributed by atoms with van der Waals surface area (Å²) in [6.07, 6.45) is 2.53. The summed E-state index contributed by atoms with van der Waals surface area (Å²) in [5.41, 5.74) is 1.90. The highest BCUT2D eigenvalue weighted by molar-refractivity contribution is 9.10. The summed E-state index contributed by atoms with van der Waals surface area (Å²) in [6, 6.07) is 8.83. The van der Waals surface area contributed by atoms with Gasteiger partial charge in [0, 0.05) is 35.0 Å². The van der Waals surface area contributed by atoms with Crippen LogP contribution in [0.1, 0.15) is 17.3 Å². The van der Waals surface area contributed by atoms with Gasteiger partial charge in [-0.25, -0.2) is 0 Å². The lowest BCUT2D eigenvalue weighted by molar-refractivity contribution is -0.116. The number of nitrogens with one attached hydrogen (secondary N) is 1. The summed E-state index contributed by atoms with van der Waals surface area (Å²) in [7, 11) is 0. The van der Waals surface area contributed by atoms with Crippen LogP contribution in [0.15, 0.2) is 47.2 Å². The van der Waals surface area contributed by atoms with Crippen LogP contribution in [-0.4, -0.2) is 22.8 Å². The molecule has 0 saturated carbocycles. The molecule has 0 radical (unpaired) electrons. The van der Waals surface area contributed by atoms with Crippen molar-refractivity contribution in [3.05, 3.63) is 52.8 Å². The largest absolute Gasteiger partial charge is 0.358 e. The number of pyridine rings is 1. The number of benzene rings is 1. The molecular weight excluding hydrogens is 334 g/mol. The molecule has 21 heavy (non-hydrogen) atoms. The molecule has 2 heterocycles. The van der Waals surface area contributed by atoms with Gasteiger partial charge in [-0.3, -0.25) is 19.5 Å². The van der Waals surface area contributed by atoms with Crippen LogP contribution in [-0.2, 0) is 4.79 Å². The maximum absolute atomic E-state index is 12.6. The lowest BCUT2D eigenvalue weighted by Gasteiger charge is -2.24. The predicted octanol–water partition coefficient (Wildman–Crippen LogP) is 2.83. The number of rotatable bonds is 2. The minimum atomic E-state index is -0.728. The Morgan fingerprint density at radius 1 is 1.29 bits per heavy atom. The molecule has 1 N–H and O–H groups in total. The van der Waals surface area contributed by atoms with Gasteiger partial charge < -0.3 is 5.32 Å². The average molecular weight is 346 g/mol. The topological polar surface area (TPSA) is 62.3 Å². The van der Waals surface area contributed by atoms with Gasteiger partial charge in [0.25, 0.3) is 0 Å². The fraction of sp³-hybridized carbons (Fsp3) is 0.133. The molecule has 1 amide bonds. The van der Waals surface area contributed by atoms with Gasteiger partial charge in [-0.15, -0.1) is 0 Å². The van der Waals surface area contributed by atoms with Crippen LogP contribution < -0.4 is 10.2 Å². The van der Waals surface area contributed by atoms with E-state index in [1.165, 1.54) is 11.8 Å². The number of halogens is 1. The Balaban J connectivity index is 2.01. The maximum Gasteiger partial charge on any atom is 0.225 e. The van der Waals surface area contributed by atoms with E-state index in [2.05, 4.69) is 26.2 Å². The van der Waals surface area contributed by atoms with Crippen LogP contribution in [0.5, 0.6) is 0 Å². The van der Waals surface area contributed by atoms with Crippen LogP contribution in [0, 0.1) is 0 Å². The van der Waals surface area contributed by atoms with Crippen LogP contribution in [0.3, 0.4) is 0 Å². The SMILES string of the molecule is CC(=O)N1c2ccc(Br)cc2C(=O)C1Nc1ccncc1. The summed E-state index contributed by atoms with van der Waals surface area (Å²) in [6.45, 7) is 1.45. The van der Waals surface area contributed by atoms with Crippen molar-refractivity contribution in [1.82, 2.24) is 4.98 Å². The van der Waals surface area contributed by atoms with E-state index in [9.17, 15) is 9.59 Å². The average Bonchev–Trinajstić information content (AvgIpc) is 2.73. The van der Waals surface area contributed by atoms with Crippen LogP contribution in [0.25, 0.3) is 0 Å². The monoisotopic (exact) mass is 345 g/mol. The van der Waals surface area contributed by atoms with Crippen molar-refractivity contribution in [2.45, 2.75) is 13.1 Å². The lowest BCUT2D eigenvalue weighted by atomic mass is 10.1. The first-order valence-corrected chi connectivity index (χ1v) is 7.17. The Morgan fingerprint density at radius 3 is 2.67 bits per heavy atom. The van der Waals surface area contributed by atoms with Gasteiger partial charge in [-0.2, -0.15) is 0 Å². The standard InChI is InChI=1S/C15H12BrN3O2/c1-9(20)19-13-3-2-10(16)8-12(13)14(21)15(19)18-11-4-6-17-7-5-11/h2-8,15H,1H3,(H,17,18). The van der Waals surface area contributed by atoms with E-state index < -0.39 is 6.17 Å². The zero-order chi connectivity index (χ0) is 15.0. The number of anilines is 2. The number of hydrogen-bond donors (Lipinski definition) is 1. The minimum absolute atomic E-state index is 0.127. The van der Waals surface area contributed by atoms with E-state index in [0.717, 1.165) is 10.2 Å². The summed E-state index contributed by atoms with van der Waals surface area (Å²) in [4.78, 5) is 29.9. The van der Waals surface area contributed by atoms with Gasteiger partial charge in [-0.05, 0) is 30.3 Å². The number of hydrogen-bond acceptors (Lipinski definition) is 4. The Kier molecular flexibility index (Phi) is 3.47. The first kappa shape index (κ1) is 13.8. The van der Waals surface area contributed by atoms with Gasteiger partial charge in [0.15, 0.2) is 6.17 Å². The number of amides is 1. The highest BCUT2D eigenvalue weighted by atomic mass is 79.9. The number of nitrogens with zero attached hydrogens (tertiary/aromatic N) is 2. The van der Waals surface area contributed by atoms with Gasteiger partial charge in [0.1, 0.15) is 0 Å². The fourth-order valence-electron chi connectivity index (χ4n) is 2.41. The van der Waals surface area contributed by atoms with E-state index >= 15 is 0 Å². The molecule has 0 spiro atoms. The molecule has 1 aromatic heterocycles. The second-order valence-electron chi connectivity index (χ2n) is 4.70. The zero-order valence-electron chi connectivity index (χ0n) is 11.2. The first-order valence-electron chi connectivity index (χ1n) is 6.38. The third-order valence-electron chi connectivity index (χ3n) is 3.31. The molecule has 0 saturated heterocycles. The highest BCUT2D eigenvalue weighted by Gasteiger charge is 2.39. The fourth-order valence-corrected chi connectivity index (χ4v) is 2.77. The molecule has 1 aliphatic rings. The molecule has 6 heteroatoms. The summed E-state index contributed by atoms with van der Waals surface area (Å²) in [5, 5.41) is 3.09. The molecule has 0 aliphatic carbocycles. The molecule has 1 unspecified atom stereocenters. The molecule has 1 aliphatic heterocycles. The summed E-state index contributed by atoms with van der Waals surface area (Å²) in [5.74, 6) is -0.311. The van der Waals surface area contributed by atoms with E-state index in [4.69, 9.17) is 0 Å².